The van der Waals surface area contributed by atoms with Crippen LogP contribution in [0.3, 0.4) is 0 Å². The van der Waals surface area contributed by atoms with E-state index in [-0.39, 0.29) is 0 Å². The lowest BCUT2D eigenvalue weighted by atomic mass is 10.2. The largest absolute Gasteiger partial charge is 0.493 e. The Morgan fingerprint density at radius 1 is 1.29 bits per heavy atom. The molecule has 0 aliphatic rings. The lowest BCUT2D eigenvalue weighted by Crippen LogP contribution is -2.25. The zero-order valence-electron chi connectivity index (χ0n) is 10.2. The lowest BCUT2D eigenvalue weighted by Gasteiger charge is -2.08. The standard InChI is InChI=1S/C13H16O3S/c1-5-6-13(17-14)10-8-12(16-4)11(15-3)7-9(10)2/h5-8,14H,2H2,1,3-4H3/b6-5-,13-10+. The van der Waals surface area contributed by atoms with Gasteiger partial charge in [-0.1, -0.05) is 12.7 Å². The average Bonchev–Trinajstić information content (AvgIpc) is 2.36. The number of methoxy groups -OCH3 is 2. The second-order valence-corrected chi connectivity index (χ2v) is 3.94. The maximum atomic E-state index is 9.25. The fourth-order valence-corrected chi connectivity index (χ4v) is 1.96. The van der Waals surface area contributed by atoms with Crippen molar-refractivity contribution in [1.82, 2.24) is 0 Å². The second-order valence-electron chi connectivity index (χ2n) is 3.32. The molecule has 4 heteroatoms. The molecule has 0 fully saturated rings. The molecule has 1 N–H and O–H groups in total. The molecule has 0 spiro atoms. The highest BCUT2D eigenvalue weighted by atomic mass is 32.2. The van der Waals surface area contributed by atoms with E-state index < -0.39 is 0 Å². The summed E-state index contributed by atoms with van der Waals surface area (Å²) < 4.78 is 19.7. The van der Waals surface area contributed by atoms with Gasteiger partial charge in [0.25, 0.3) is 0 Å². The molecule has 0 aliphatic carbocycles. The van der Waals surface area contributed by atoms with Crippen molar-refractivity contribution in [2.45, 2.75) is 6.92 Å². The van der Waals surface area contributed by atoms with Crippen molar-refractivity contribution in [2.75, 3.05) is 14.2 Å². The number of benzene rings is 1. The van der Waals surface area contributed by atoms with Crippen LogP contribution in [0.15, 0.2) is 24.3 Å². The number of hydrogen-bond donors (Lipinski definition) is 1. The van der Waals surface area contributed by atoms with Crippen LogP contribution in [0.4, 0.5) is 0 Å². The minimum Gasteiger partial charge on any atom is -0.493 e. The first kappa shape index (κ1) is 13.7. The number of rotatable bonds is 4. The van der Waals surface area contributed by atoms with Crippen LogP contribution in [0.2, 0.25) is 0 Å². The van der Waals surface area contributed by atoms with Crippen LogP contribution >= 0.6 is 12.0 Å². The summed E-state index contributed by atoms with van der Waals surface area (Å²) >= 11 is 0.688. The Balaban J connectivity index is 3.60. The van der Waals surface area contributed by atoms with E-state index >= 15 is 0 Å². The molecule has 0 aliphatic heterocycles. The molecule has 0 radical (unpaired) electrons. The molecule has 0 saturated heterocycles. The summed E-state index contributed by atoms with van der Waals surface area (Å²) in [6.45, 7) is 5.83. The molecule has 0 aromatic heterocycles. The van der Waals surface area contributed by atoms with Gasteiger partial charge in [0.1, 0.15) is 0 Å². The van der Waals surface area contributed by atoms with Crippen LogP contribution in [0.25, 0.3) is 11.5 Å². The van der Waals surface area contributed by atoms with Gasteiger partial charge in [-0.15, -0.1) is 0 Å². The predicted octanol–water partition coefficient (Wildman–Crippen LogP) is 2.00. The number of hydrogen-bond acceptors (Lipinski definition) is 4. The topological polar surface area (TPSA) is 38.7 Å². The highest BCUT2D eigenvalue weighted by molar-refractivity contribution is 8.03. The average molecular weight is 252 g/mol. The first-order valence-electron chi connectivity index (χ1n) is 5.07. The minimum absolute atomic E-state index is 0.617. The second kappa shape index (κ2) is 6.37. The van der Waals surface area contributed by atoms with Crippen molar-refractivity contribution >= 4 is 23.5 Å². The summed E-state index contributed by atoms with van der Waals surface area (Å²) in [5, 5.41) is 1.60. The third kappa shape index (κ3) is 3.05. The maximum Gasteiger partial charge on any atom is 0.161 e. The van der Waals surface area contributed by atoms with Gasteiger partial charge >= 0.3 is 0 Å². The van der Waals surface area contributed by atoms with Crippen LogP contribution in [0.1, 0.15) is 6.92 Å². The Bertz CT molecular complexity index is 520. The first-order valence-corrected chi connectivity index (χ1v) is 5.84. The smallest absolute Gasteiger partial charge is 0.161 e. The molecule has 1 aromatic rings. The summed E-state index contributed by atoms with van der Waals surface area (Å²) in [5.41, 5.74) is 0. The highest BCUT2D eigenvalue weighted by Gasteiger charge is 2.04. The molecule has 1 aromatic carbocycles. The molecular formula is C13H16O3S. The minimum atomic E-state index is 0.617. The van der Waals surface area contributed by atoms with E-state index in [1.807, 2.05) is 19.1 Å². The fraction of sp³-hybridized carbons (Fsp3) is 0.231. The first-order chi connectivity index (χ1) is 8.17. The molecule has 17 heavy (non-hydrogen) atoms. The van der Waals surface area contributed by atoms with Crippen LogP contribution in [0, 0.1) is 0 Å². The molecule has 0 unspecified atom stereocenters. The Labute approximate surface area is 105 Å². The molecule has 92 valence electrons. The number of ether oxygens (including phenoxy) is 2. The summed E-state index contributed by atoms with van der Waals surface area (Å²) in [6, 6.07) is 3.59. The van der Waals surface area contributed by atoms with E-state index in [0.717, 1.165) is 15.3 Å². The summed E-state index contributed by atoms with van der Waals surface area (Å²) in [5.74, 6) is 1.25. The SMILES string of the molecule is C=c1cc(OC)c(OC)c/c1=C(/C=C\C)SO. The summed E-state index contributed by atoms with van der Waals surface area (Å²) in [4.78, 5) is 0.721. The highest BCUT2D eigenvalue weighted by Crippen LogP contribution is 2.23. The summed E-state index contributed by atoms with van der Waals surface area (Å²) in [7, 11) is 3.15. The van der Waals surface area contributed by atoms with Crippen molar-refractivity contribution in [3.05, 3.63) is 34.7 Å². The number of allylic oxidation sites excluding steroid dienone is 1. The Morgan fingerprint density at radius 2 is 1.88 bits per heavy atom. The van der Waals surface area contributed by atoms with Gasteiger partial charge in [-0.3, -0.25) is 0 Å². The van der Waals surface area contributed by atoms with E-state index in [1.165, 1.54) is 0 Å². The van der Waals surface area contributed by atoms with Crippen molar-refractivity contribution < 1.29 is 14.0 Å². The third-order valence-corrected chi connectivity index (χ3v) is 2.84. The van der Waals surface area contributed by atoms with E-state index in [4.69, 9.17) is 9.47 Å². The third-order valence-electron chi connectivity index (χ3n) is 2.29. The van der Waals surface area contributed by atoms with Gasteiger partial charge in [0.05, 0.1) is 14.2 Å². The maximum absolute atomic E-state index is 9.25. The quantitative estimate of drug-likeness (QED) is 0.832. The van der Waals surface area contributed by atoms with Crippen LogP contribution in [-0.2, 0) is 0 Å². The molecular weight excluding hydrogens is 236 g/mol. The summed E-state index contributed by atoms with van der Waals surface area (Å²) in [6.07, 6.45) is 3.68. The molecule has 0 amide bonds. The van der Waals surface area contributed by atoms with Crippen molar-refractivity contribution in [3.8, 4) is 11.5 Å². The van der Waals surface area contributed by atoms with Crippen LogP contribution < -0.4 is 19.9 Å². The van der Waals surface area contributed by atoms with Gasteiger partial charge in [-0.2, -0.15) is 0 Å². The van der Waals surface area contributed by atoms with Gasteiger partial charge in [0.2, 0.25) is 0 Å². The zero-order chi connectivity index (χ0) is 12.8. The molecule has 0 heterocycles. The Morgan fingerprint density at radius 3 is 2.35 bits per heavy atom. The normalized spacial score (nSPS) is 12.7. The van der Waals surface area contributed by atoms with Gasteiger partial charge in [-0.25, -0.2) is 0 Å². The van der Waals surface area contributed by atoms with Crippen molar-refractivity contribution in [2.24, 2.45) is 0 Å². The molecule has 0 bridgehead atoms. The molecule has 0 atom stereocenters. The Kier molecular flexibility index (Phi) is 5.12. The van der Waals surface area contributed by atoms with E-state index in [1.54, 1.807) is 26.4 Å². The van der Waals surface area contributed by atoms with E-state index in [0.29, 0.717) is 23.5 Å². The zero-order valence-corrected chi connectivity index (χ0v) is 11.0. The fourth-order valence-electron chi connectivity index (χ4n) is 1.47. The van der Waals surface area contributed by atoms with Gasteiger partial charge in [-0.05, 0) is 30.4 Å². The van der Waals surface area contributed by atoms with E-state index in [2.05, 4.69) is 6.58 Å². The Hall–Kier alpha value is -1.39. The van der Waals surface area contributed by atoms with Gasteiger partial charge < -0.3 is 14.0 Å². The van der Waals surface area contributed by atoms with Crippen LogP contribution in [0.5, 0.6) is 11.5 Å². The van der Waals surface area contributed by atoms with E-state index in [9.17, 15) is 4.55 Å². The van der Waals surface area contributed by atoms with Crippen molar-refractivity contribution in [1.29, 1.82) is 0 Å². The monoisotopic (exact) mass is 252 g/mol. The van der Waals surface area contributed by atoms with Gasteiger partial charge in [0, 0.05) is 22.2 Å². The van der Waals surface area contributed by atoms with Crippen LogP contribution in [-0.4, -0.2) is 18.8 Å². The lowest BCUT2D eigenvalue weighted by molar-refractivity contribution is 0.354. The molecule has 0 saturated carbocycles. The van der Waals surface area contributed by atoms with Crippen molar-refractivity contribution in [3.63, 3.8) is 0 Å². The molecule has 1 rings (SSSR count). The van der Waals surface area contributed by atoms with Gasteiger partial charge in [0.15, 0.2) is 11.5 Å². The molecule has 3 nitrogen and oxygen atoms in total. The predicted molar refractivity (Wildman–Crippen MR) is 72.8 cm³/mol.